The zero-order valence-corrected chi connectivity index (χ0v) is 14.2. The third-order valence-corrected chi connectivity index (χ3v) is 5.54. The van der Waals surface area contributed by atoms with Crippen LogP contribution in [0.2, 0.25) is 0 Å². The molecule has 0 fully saturated rings. The van der Waals surface area contributed by atoms with E-state index in [0.717, 1.165) is 5.56 Å². The van der Waals surface area contributed by atoms with Crippen LogP contribution in [0.25, 0.3) is 0 Å². The van der Waals surface area contributed by atoms with Crippen molar-refractivity contribution in [1.29, 1.82) is 0 Å². The minimum atomic E-state index is -3.39. The summed E-state index contributed by atoms with van der Waals surface area (Å²) in [5.74, 6) is 0. The Bertz CT molecular complexity index is 551. The Hall–Kier alpha value is -0.950. The van der Waals surface area contributed by atoms with Crippen LogP contribution < -0.4 is 5.32 Å². The van der Waals surface area contributed by atoms with E-state index in [4.69, 9.17) is 0 Å². The fraction of sp³-hybridized carbons (Fsp3) is 0.600. The van der Waals surface area contributed by atoms with Crippen LogP contribution in [0.15, 0.2) is 29.2 Å². The van der Waals surface area contributed by atoms with Crippen LogP contribution in [0.3, 0.4) is 0 Å². The predicted molar refractivity (Wildman–Crippen MR) is 84.6 cm³/mol. The number of hydrogen-bond acceptors (Lipinski definition) is 4. The second-order valence-electron chi connectivity index (χ2n) is 5.81. The lowest BCUT2D eigenvalue weighted by atomic mass is 10.0. The average molecular weight is 314 g/mol. The zero-order chi connectivity index (χ0) is 16.3. The molecule has 5 nitrogen and oxygen atoms in total. The Labute approximate surface area is 128 Å². The fourth-order valence-electron chi connectivity index (χ4n) is 1.76. The Balaban J connectivity index is 2.79. The van der Waals surface area contributed by atoms with Crippen molar-refractivity contribution in [3.63, 3.8) is 0 Å². The van der Waals surface area contributed by atoms with E-state index in [1.165, 1.54) is 18.4 Å². The van der Waals surface area contributed by atoms with Crippen LogP contribution in [0.5, 0.6) is 0 Å². The van der Waals surface area contributed by atoms with E-state index in [2.05, 4.69) is 5.32 Å². The number of aliphatic hydroxyl groups is 1. The predicted octanol–water partition coefficient (Wildman–Crippen LogP) is 1.75. The molecular weight excluding hydrogens is 288 g/mol. The summed E-state index contributed by atoms with van der Waals surface area (Å²) in [6.07, 6.45) is 0.673. The van der Waals surface area contributed by atoms with Crippen LogP contribution in [-0.4, -0.2) is 44.1 Å². The molecule has 0 spiro atoms. The molecule has 2 atom stereocenters. The summed E-state index contributed by atoms with van der Waals surface area (Å²) in [5.41, 5.74) is 0.252. The first-order valence-electron chi connectivity index (χ1n) is 7.08. The van der Waals surface area contributed by atoms with Crippen LogP contribution in [0.1, 0.15) is 38.8 Å². The van der Waals surface area contributed by atoms with Crippen molar-refractivity contribution in [2.45, 2.75) is 43.7 Å². The van der Waals surface area contributed by atoms with Gasteiger partial charge in [0.25, 0.3) is 0 Å². The maximum absolute atomic E-state index is 12.0. The van der Waals surface area contributed by atoms with Crippen LogP contribution >= 0.6 is 0 Å². The van der Waals surface area contributed by atoms with Gasteiger partial charge in [-0.3, -0.25) is 0 Å². The first-order valence-corrected chi connectivity index (χ1v) is 8.52. The Morgan fingerprint density at radius 3 is 2.24 bits per heavy atom. The van der Waals surface area contributed by atoms with Crippen molar-refractivity contribution in [3.8, 4) is 0 Å². The quantitative estimate of drug-likeness (QED) is 0.804. The maximum Gasteiger partial charge on any atom is 0.242 e. The Morgan fingerprint density at radius 1 is 1.29 bits per heavy atom. The lowest BCUT2D eigenvalue weighted by Gasteiger charge is -2.25. The fourth-order valence-corrected chi connectivity index (χ4v) is 2.66. The summed E-state index contributed by atoms with van der Waals surface area (Å²) in [4.78, 5) is 0.281. The molecule has 0 amide bonds. The molecule has 0 saturated carbocycles. The Kier molecular flexibility index (Phi) is 5.92. The number of nitrogens with zero attached hydrogens (tertiary/aromatic N) is 1. The SMILES string of the molecule is CCC(C)(O)CNC(C)c1ccc(S(=O)(=O)N(C)C)cc1. The molecule has 0 heterocycles. The van der Waals surface area contributed by atoms with Gasteiger partial charge in [-0.15, -0.1) is 0 Å². The van der Waals surface area contributed by atoms with Gasteiger partial charge in [0, 0.05) is 26.7 Å². The molecule has 1 aromatic rings. The second-order valence-corrected chi connectivity index (χ2v) is 7.96. The lowest BCUT2D eigenvalue weighted by Crippen LogP contribution is -2.38. The van der Waals surface area contributed by atoms with E-state index >= 15 is 0 Å². The molecule has 0 saturated heterocycles. The van der Waals surface area contributed by atoms with Crippen molar-refractivity contribution >= 4 is 10.0 Å². The molecule has 21 heavy (non-hydrogen) atoms. The van der Waals surface area contributed by atoms with Gasteiger partial charge in [-0.2, -0.15) is 0 Å². The van der Waals surface area contributed by atoms with Gasteiger partial charge in [0.15, 0.2) is 0 Å². The van der Waals surface area contributed by atoms with E-state index in [0.29, 0.717) is 13.0 Å². The van der Waals surface area contributed by atoms with Gasteiger partial charge in [-0.05, 0) is 38.0 Å². The smallest absolute Gasteiger partial charge is 0.242 e. The molecule has 1 rings (SSSR count). The van der Waals surface area contributed by atoms with Crippen molar-refractivity contribution in [2.75, 3.05) is 20.6 Å². The number of benzene rings is 1. The molecule has 6 heteroatoms. The second kappa shape index (κ2) is 6.87. The third kappa shape index (κ3) is 4.78. The van der Waals surface area contributed by atoms with Gasteiger partial charge in [0.2, 0.25) is 10.0 Å². The first-order chi connectivity index (χ1) is 9.60. The lowest BCUT2D eigenvalue weighted by molar-refractivity contribution is 0.0533. The van der Waals surface area contributed by atoms with Crippen molar-refractivity contribution in [2.24, 2.45) is 0 Å². The normalized spacial score (nSPS) is 16.7. The van der Waals surface area contributed by atoms with E-state index in [1.807, 2.05) is 13.8 Å². The third-order valence-electron chi connectivity index (χ3n) is 3.71. The summed E-state index contributed by atoms with van der Waals surface area (Å²) in [7, 11) is -0.358. The highest BCUT2D eigenvalue weighted by Gasteiger charge is 2.20. The molecule has 0 radical (unpaired) electrons. The van der Waals surface area contributed by atoms with Gasteiger partial charge < -0.3 is 10.4 Å². The highest BCUT2D eigenvalue weighted by molar-refractivity contribution is 7.89. The first kappa shape index (κ1) is 18.1. The van der Waals surface area contributed by atoms with E-state index in [9.17, 15) is 13.5 Å². The highest BCUT2D eigenvalue weighted by atomic mass is 32.2. The van der Waals surface area contributed by atoms with E-state index in [-0.39, 0.29) is 10.9 Å². The Morgan fingerprint density at radius 2 is 1.81 bits per heavy atom. The standard InChI is InChI=1S/C15H26N2O3S/c1-6-15(3,18)11-16-12(2)13-7-9-14(10-8-13)21(19,20)17(4)5/h7-10,12,16,18H,6,11H2,1-5H3. The molecule has 0 aromatic heterocycles. The van der Waals surface area contributed by atoms with E-state index in [1.54, 1.807) is 31.2 Å². The molecule has 2 N–H and O–H groups in total. The van der Waals surface area contributed by atoms with Gasteiger partial charge in [0.05, 0.1) is 10.5 Å². The number of hydrogen-bond donors (Lipinski definition) is 2. The molecule has 0 aliphatic rings. The molecular formula is C15H26N2O3S. The topological polar surface area (TPSA) is 69.6 Å². The summed E-state index contributed by atoms with van der Waals surface area (Å²) >= 11 is 0. The van der Waals surface area contributed by atoms with Crippen LogP contribution in [-0.2, 0) is 10.0 Å². The maximum atomic E-state index is 12.0. The van der Waals surface area contributed by atoms with E-state index < -0.39 is 15.6 Å². The van der Waals surface area contributed by atoms with Crippen LogP contribution in [0, 0.1) is 0 Å². The molecule has 0 aliphatic carbocycles. The zero-order valence-electron chi connectivity index (χ0n) is 13.4. The minimum absolute atomic E-state index is 0.0409. The van der Waals surface area contributed by atoms with Crippen LogP contribution in [0.4, 0.5) is 0 Å². The van der Waals surface area contributed by atoms with Gasteiger partial charge in [0.1, 0.15) is 0 Å². The van der Waals surface area contributed by atoms with Gasteiger partial charge in [-0.25, -0.2) is 12.7 Å². The molecule has 2 unspecified atom stereocenters. The largest absolute Gasteiger partial charge is 0.389 e. The summed E-state index contributed by atoms with van der Waals surface area (Å²) < 4.78 is 25.2. The van der Waals surface area contributed by atoms with Crippen molar-refractivity contribution in [3.05, 3.63) is 29.8 Å². The average Bonchev–Trinajstić information content (AvgIpc) is 2.44. The molecule has 0 aliphatic heterocycles. The monoisotopic (exact) mass is 314 g/mol. The number of rotatable bonds is 7. The van der Waals surface area contributed by atoms with Gasteiger partial charge >= 0.3 is 0 Å². The summed E-state index contributed by atoms with van der Waals surface area (Å²) in [6, 6.07) is 6.87. The number of sulfonamides is 1. The molecule has 0 bridgehead atoms. The highest BCUT2D eigenvalue weighted by Crippen LogP contribution is 2.19. The summed E-state index contributed by atoms with van der Waals surface area (Å²) in [6.45, 7) is 6.20. The minimum Gasteiger partial charge on any atom is -0.389 e. The summed E-state index contributed by atoms with van der Waals surface area (Å²) in [5, 5.41) is 13.2. The molecule has 1 aromatic carbocycles. The van der Waals surface area contributed by atoms with Crippen molar-refractivity contribution in [1.82, 2.24) is 9.62 Å². The number of nitrogens with one attached hydrogen (secondary N) is 1. The van der Waals surface area contributed by atoms with Crippen molar-refractivity contribution < 1.29 is 13.5 Å². The van der Waals surface area contributed by atoms with Gasteiger partial charge in [-0.1, -0.05) is 19.1 Å². The molecule has 120 valence electrons.